The summed E-state index contributed by atoms with van der Waals surface area (Å²) in [6.45, 7) is 1.44. The number of aliphatic hydroxyl groups is 1. The van der Waals surface area contributed by atoms with Crippen LogP contribution in [0.4, 0.5) is 0 Å². The summed E-state index contributed by atoms with van der Waals surface area (Å²) < 4.78 is 0. The Kier molecular flexibility index (Phi) is 7.65. The van der Waals surface area contributed by atoms with Crippen molar-refractivity contribution in [3.05, 3.63) is 65.7 Å². The van der Waals surface area contributed by atoms with Gasteiger partial charge in [0.05, 0.1) is 6.61 Å². The van der Waals surface area contributed by atoms with Gasteiger partial charge in [-0.25, -0.2) is 0 Å². The van der Waals surface area contributed by atoms with E-state index in [2.05, 4.69) is 46.1 Å². The van der Waals surface area contributed by atoms with Crippen molar-refractivity contribution in [2.24, 2.45) is 4.99 Å². The first kappa shape index (κ1) is 18.4. The molecule has 2 rings (SSSR count). The first-order valence-electron chi connectivity index (χ1n) is 8.00. The van der Waals surface area contributed by atoms with E-state index < -0.39 is 0 Å². The Balaban J connectivity index is 1.85. The standard InChI is InChI=1S/C19H25N3OS/c1-20-19(21-12-15-8-10-18(24-2)11-9-15)22-13-17(14-23)16-6-4-3-5-7-16/h3-11,17,23H,12-14H2,1-2H3,(H2,20,21,22). The van der Waals surface area contributed by atoms with Crippen LogP contribution in [-0.4, -0.2) is 37.5 Å². The van der Waals surface area contributed by atoms with Gasteiger partial charge < -0.3 is 15.7 Å². The number of guanidine groups is 1. The maximum absolute atomic E-state index is 9.62. The number of thioether (sulfide) groups is 1. The number of rotatable bonds is 7. The van der Waals surface area contributed by atoms with Crippen LogP contribution < -0.4 is 10.6 Å². The molecular weight excluding hydrogens is 318 g/mol. The average molecular weight is 343 g/mol. The minimum atomic E-state index is 0.0469. The zero-order chi connectivity index (χ0) is 17.2. The summed E-state index contributed by atoms with van der Waals surface area (Å²) in [7, 11) is 1.75. The van der Waals surface area contributed by atoms with Gasteiger partial charge in [-0.15, -0.1) is 11.8 Å². The molecular formula is C19H25N3OS. The van der Waals surface area contributed by atoms with Crippen LogP contribution in [0.3, 0.4) is 0 Å². The molecule has 2 aromatic carbocycles. The van der Waals surface area contributed by atoms with Gasteiger partial charge in [0, 0.05) is 31.0 Å². The average Bonchev–Trinajstić information content (AvgIpc) is 2.66. The lowest BCUT2D eigenvalue weighted by atomic mass is 10.0. The van der Waals surface area contributed by atoms with Gasteiger partial charge in [0.1, 0.15) is 0 Å². The van der Waals surface area contributed by atoms with Gasteiger partial charge in [0.25, 0.3) is 0 Å². The van der Waals surface area contributed by atoms with Crippen molar-refractivity contribution < 1.29 is 5.11 Å². The molecule has 3 N–H and O–H groups in total. The molecule has 0 aliphatic heterocycles. The van der Waals surface area contributed by atoms with Crippen molar-refractivity contribution in [1.29, 1.82) is 0 Å². The highest BCUT2D eigenvalue weighted by Crippen LogP contribution is 2.15. The fourth-order valence-electron chi connectivity index (χ4n) is 2.38. The Bertz CT molecular complexity index is 629. The lowest BCUT2D eigenvalue weighted by Crippen LogP contribution is -2.39. The van der Waals surface area contributed by atoms with Crippen molar-refractivity contribution in [1.82, 2.24) is 10.6 Å². The number of benzene rings is 2. The molecule has 0 aromatic heterocycles. The van der Waals surface area contributed by atoms with Crippen LogP contribution >= 0.6 is 11.8 Å². The quantitative estimate of drug-likeness (QED) is 0.411. The Hall–Kier alpha value is -1.98. The fourth-order valence-corrected chi connectivity index (χ4v) is 2.79. The van der Waals surface area contributed by atoms with Gasteiger partial charge in [0.15, 0.2) is 5.96 Å². The van der Waals surface area contributed by atoms with Gasteiger partial charge in [-0.05, 0) is 29.5 Å². The third-order valence-corrected chi connectivity index (χ3v) is 4.59. The van der Waals surface area contributed by atoms with E-state index in [0.717, 1.165) is 11.5 Å². The lowest BCUT2D eigenvalue weighted by Gasteiger charge is -2.18. The maximum atomic E-state index is 9.62. The van der Waals surface area contributed by atoms with Crippen LogP contribution in [0.15, 0.2) is 64.5 Å². The summed E-state index contributed by atoms with van der Waals surface area (Å²) in [5, 5.41) is 16.2. The summed E-state index contributed by atoms with van der Waals surface area (Å²) in [6.07, 6.45) is 2.07. The number of aliphatic imine (C=N–C) groups is 1. The predicted octanol–water partition coefficient (Wildman–Crippen LogP) is 2.85. The Labute approximate surface area is 148 Å². The third-order valence-electron chi connectivity index (χ3n) is 3.85. The van der Waals surface area contributed by atoms with Gasteiger partial charge in [-0.3, -0.25) is 4.99 Å². The molecule has 0 bridgehead atoms. The second kappa shape index (κ2) is 10.0. The smallest absolute Gasteiger partial charge is 0.191 e. The van der Waals surface area contributed by atoms with Crippen LogP contribution in [-0.2, 0) is 6.54 Å². The number of nitrogens with zero attached hydrogens (tertiary/aromatic N) is 1. The van der Waals surface area contributed by atoms with Gasteiger partial charge in [-0.2, -0.15) is 0 Å². The van der Waals surface area contributed by atoms with Crippen molar-refractivity contribution in [3.8, 4) is 0 Å². The minimum absolute atomic E-state index is 0.0469. The highest BCUT2D eigenvalue weighted by atomic mass is 32.2. The zero-order valence-corrected chi connectivity index (χ0v) is 15.0. The van der Waals surface area contributed by atoms with Crippen LogP contribution in [0.2, 0.25) is 0 Å². The van der Waals surface area contributed by atoms with E-state index in [0.29, 0.717) is 13.1 Å². The van der Waals surface area contributed by atoms with Gasteiger partial charge in [-0.1, -0.05) is 42.5 Å². The van der Waals surface area contributed by atoms with Crippen LogP contribution in [0.5, 0.6) is 0 Å². The predicted molar refractivity (Wildman–Crippen MR) is 103 cm³/mol. The van der Waals surface area contributed by atoms with Crippen LogP contribution in [0.1, 0.15) is 17.0 Å². The van der Waals surface area contributed by atoms with Crippen molar-refractivity contribution >= 4 is 17.7 Å². The molecule has 1 atom stereocenters. The monoisotopic (exact) mass is 343 g/mol. The summed E-state index contributed by atoms with van der Waals surface area (Å²) in [6, 6.07) is 18.5. The van der Waals surface area contributed by atoms with Gasteiger partial charge in [0.2, 0.25) is 0 Å². The summed E-state index contributed by atoms with van der Waals surface area (Å²) >= 11 is 1.74. The SMILES string of the molecule is CN=C(NCc1ccc(SC)cc1)NCC(CO)c1ccccc1. The maximum Gasteiger partial charge on any atom is 0.191 e. The Morgan fingerprint density at radius 3 is 2.38 bits per heavy atom. The molecule has 128 valence electrons. The summed E-state index contributed by atoms with van der Waals surface area (Å²) in [5.74, 6) is 0.781. The molecule has 0 aliphatic carbocycles. The molecule has 0 amide bonds. The number of hydrogen-bond acceptors (Lipinski definition) is 3. The van der Waals surface area contributed by atoms with Crippen LogP contribution in [0, 0.1) is 0 Å². The molecule has 5 heteroatoms. The molecule has 0 saturated carbocycles. The molecule has 24 heavy (non-hydrogen) atoms. The number of aliphatic hydroxyl groups excluding tert-OH is 1. The molecule has 0 spiro atoms. The van der Waals surface area contributed by atoms with E-state index in [9.17, 15) is 5.11 Å². The topological polar surface area (TPSA) is 56.7 Å². The molecule has 2 aromatic rings. The van der Waals surface area contributed by atoms with E-state index in [1.807, 2.05) is 30.3 Å². The third kappa shape index (κ3) is 5.58. The number of nitrogens with one attached hydrogen (secondary N) is 2. The normalized spacial score (nSPS) is 12.7. The summed E-state index contributed by atoms with van der Waals surface area (Å²) in [5.41, 5.74) is 2.33. The van der Waals surface area contributed by atoms with Crippen molar-refractivity contribution in [2.45, 2.75) is 17.4 Å². The molecule has 4 nitrogen and oxygen atoms in total. The van der Waals surface area contributed by atoms with E-state index in [-0.39, 0.29) is 12.5 Å². The highest BCUT2D eigenvalue weighted by Gasteiger charge is 2.10. The highest BCUT2D eigenvalue weighted by molar-refractivity contribution is 7.98. The van der Waals surface area contributed by atoms with Crippen molar-refractivity contribution in [3.63, 3.8) is 0 Å². The molecule has 0 aliphatic rings. The van der Waals surface area contributed by atoms with Crippen LogP contribution in [0.25, 0.3) is 0 Å². The largest absolute Gasteiger partial charge is 0.396 e. The Morgan fingerprint density at radius 2 is 1.79 bits per heavy atom. The van der Waals surface area contributed by atoms with Gasteiger partial charge >= 0.3 is 0 Å². The Morgan fingerprint density at radius 1 is 1.08 bits per heavy atom. The lowest BCUT2D eigenvalue weighted by molar-refractivity contribution is 0.265. The minimum Gasteiger partial charge on any atom is -0.396 e. The van der Waals surface area contributed by atoms with E-state index in [1.54, 1.807) is 18.8 Å². The molecule has 0 fully saturated rings. The van der Waals surface area contributed by atoms with E-state index in [4.69, 9.17) is 0 Å². The summed E-state index contributed by atoms with van der Waals surface area (Å²) in [4.78, 5) is 5.50. The van der Waals surface area contributed by atoms with E-state index >= 15 is 0 Å². The first-order chi connectivity index (χ1) is 11.8. The first-order valence-corrected chi connectivity index (χ1v) is 9.22. The molecule has 0 heterocycles. The zero-order valence-electron chi connectivity index (χ0n) is 14.2. The van der Waals surface area contributed by atoms with Crippen molar-refractivity contribution in [2.75, 3.05) is 26.5 Å². The second-order valence-corrected chi connectivity index (χ2v) is 6.32. The molecule has 0 saturated heterocycles. The number of hydrogen-bond donors (Lipinski definition) is 3. The van der Waals surface area contributed by atoms with E-state index in [1.165, 1.54) is 10.5 Å². The second-order valence-electron chi connectivity index (χ2n) is 5.44. The molecule has 1 unspecified atom stereocenters. The molecule has 0 radical (unpaired) electrons. The fraction of sp³-hybridized carbons (Fsp3) is 0.316.